The van der Waals surface area contributed by atoms with Gasteiger partial charge >= 0.3 is 0 Å². The third-order valence-electron chi connectivity index (χ3n) is 6.63. The minimum absolute atomic E-state index is 0.679. The molecule has 1 aromatic heterocycles. The van der Waals surface area contributed by atoms with Gasteiger partial charge in [0.2, 0.25) is 0 Å². The fourth-order valence-corrected chi connectivity index (χ4v) is 5.45. The Morgan fingerprint density at radius 2 is 1.93 bits per heavy atom. The van der Waals surface area contributed by atoms with Crippen LogP contribution in [-0.4, -0.2) is 63.3 Å². The highest BCUT2D eigenvalue weighted by Crippen LogP contribution is 2.29. The third-order valence-corrected chi connectivity index (χ3v) is 7.27. The van der Waals surface area contributed by atoms with E-state index in [1.165, 1.54) is 67.2 Å². The molecule has 2 aliphatic rings. The molecule has 5 heteroatoms. The summed E-state index contributed by atoms with van der Waals surface area (Å²) < 4.78 is 2.20. The van der Waals surface area contributed by atoms with E-state index in [9.17, 15) is 0 Å². The number of benzene rings is 1. The SMILES string of the molecule is CSCC[C@@H]1CN2CCC[C@H]2CN1Cc1c(C)nn(Cc2ccccc2)c1C. The van der Waals surface area contributed by atoms with Crippen LogP contribution >= 0.6 is 11.8 Å². The van der Waals surface area contributed by atoms with Crippen molar-refractivity contribution in [3.05, 3.63) is 52.8 Å². The summed E-state index contributed by atoms with van der Waals surface area (Å²) in [6.07, 6.45) is 6.27. The van der Waals surface area contributed by atoms with Crippen LogP contribution in [0.3, 0.4) is 0 Å². The summed E-state index contributed by atoms with van der Waals surface area (Å²) in [6.45, 7) is 10.1. The Labute approximate surface area is 174 Å². The number of hydrogen-bond donors (Lipinski definition) is 0. The molecule has 0 radical (unpaired) electrons. The smallest absolute Gasteiger partial charge is 0.0662 e. The van der Waals surface area contributed by atoms with Gasteiger partial charge < -0.3 is 0 Å². The monoisotopic (exact) mass is 398 g/mol. The van der Waals surface area contributed by atoms with Crippen molar-refractivity contribution in [2.45, 2.75) is 58.3 Å². The van der Waals surface area contributed by atoms with Crippen molar-refractivity contribution >= 4 is 11.8 Å². The molecule has 0 unspecified atom stereocenters. The maximum absolute atomic E-state index is 4.90. The quantitative estimate of drug-likeness (QED) is 0.705. The fraction of sp³-hybridized carbons (Fsp3) is 0.609. The molecule has 2 saturated heterocycles. The van der Waals surface area contributed by atoms with Gasteiger partial charge in [0.05, 0.1) is 12.2 Å². The van der Waals surface area contributed by atoms with Crippen molar-refractivity contribution in [2.24, 2.45) is 0 Å². The number of hydrogen-bond acceptors (Lipinski definition) is 4. The fourth-order valence-electron chi connectivity index (χ4n) is 4.95. The van der Waals surface area contributed by atoms with Crippen molar-refractivity contribution in [3.63, 3.8) is 0 Å². The predicted molar refractivity (Wildman–Crippen MR) is 119 cm³/mol. The number of thioether (sulfide) groups is 1. The summed E-state index contributed by atoms with van der Waals surface area (Å²) in [4.78, 5) is 5.52. The highest BCUT2D eigenvalue weighted by Gasteiger charge is 2.36. The molecule has 2 fully saturated rings. The molecule has 0 amide bonds. The van der Waals surface area contributed by atoms with Gasteiger partial charge in [0.15, 0.2) is 0 Å². The molecule has 3 heterocycles. The van der Waals surface area contributed by atoms with E-state index in [0.29, 0.717) is 6.04 Å². The zero-order chi connectivity index (χ0) is 19.5. The highest BCUT2D eigenvalue weighted by molar-refractivity contribution is 7.98. The third kappa shape index (κ3) is 4.32. The van der Waals surface area contributed by atoms with Gasteiger partial charge in [-0.3, -0.25) is 14.5 Å². The molecule has 0 saturated carbocycles. The molecule has 0 bridgehead atoms. The van der Waals surface area contributed by atoms with E-state index in [2.05, 4.69) is 64.9 Å². The van der Waals surface area contributed by atoms with Crippen LogP contribution in [0.1, 0.15) is 41.8 Å². The van der Waals surface area contributed by atoms with Crippen molar-refractivity contribution < 1.29 is 0 Å². The van der Waals surface area contributed by atoms with Crippen molar-refractivity contribution in [2.75, 3.05) is 31.6 Å². The van der Waals surface area contributed by atoms with Gasteiger partial charge in [0.1, 0.15) is 0 Å². The van der Waals surface area contributed by atoms with Gasteiger partial charge in [0, 0.05) is 43.0 Å². The Morgan fingerprint density at radius 3 is 2.71 bits per heavy atom. The van der Waals surface area contributed by atoms with Crippen LogP contribution in [0.5, 0.6) is 0 Å². The first-order chi connectivity index (χ1) is 13.7. The Hall–Kier alpha value is -1.30. The van der Waals surface area contributed by atoms with Gasteiger partial charge in [-0.25, -0.2) is 0 Å². The number of aryl methyl sites for hydroxylation is 1. The number of rotatable bonds is 7. The summed E-state index contributed by atoms with van der Waals surface area (Å²) in [6, 6.07) is 12.1. The second-order valence-corrected chi connectivity index (χ2v) is 9.43. The molecule has 152 valence electrons. The van der Waals surface area contributed by atoms with Crippen LogP contribution < -0.4 is 0 Å². The van der Waals surface area contributed by atoms with E-state index in [1.54, 1.807) is 0 Å². The van der Waals surface area contributed by atoms with Crippen LogP contribution in [0.25, 0.3) is 0 Å². The van der Waals surface area contributed by atoms with Crippen LogP contribution in [-0.2, 0) is 13.1 Å². The maximum atomic E-state index is 4.90. The highest BCUT2D eigenvalue weighted by atomic mass is 32.2. The Bertz CT molecular complexity index is 772. The predicted octanol–water partition coefficient (Wildman–Crippen LogP) is 3.95. The molecule has 0 N–H and O–H groups in total. The molecule has 0 spiro atoms. The molecular formula is C23H34N4S. The van der Waals surface area contributed by atoms with E-state index in [-0.39, 0.29) is 0 Å². The minimum Gasteiger partial charge on any atom is -0.298 e. The first-order valence-corrected chi connectivity index (χ1v) is 12.1. The second-order valence-electron chi connectivity index (χ2n) is 8.45. The lowest BCUT2D eigenvalue weighted by Crippen LogP contribution is -2.55. The number of fused-ring (bicyclic) bond motifs is 1. The summed E-state index contributed by atoms with van der Waals surface area (Å²) in [5.41, 5.74) is 5.29. The van der Waals surface area contributed by atoms with Gasteiger partial charge in [-0.15, -0.1) is 0 Å². The Kier molecular flexibility index (Phi) is 6.44. The summed E-state index contributed by atoms with van der Waals surface area (Å²) in [7, 11) is 0. The van der Waals surface area contributed by atoms with Crippen LogP contribution in [0.4, 0.5) is 0 Å². The summed E-state index contributed by atoms with van der Waals surface area (Å²) in [5, 5.41) is 4.90. The van der Waals surface area contributed by atoms with E-state index < -0.39 is 0 Å². The molecule has 4 rings (SSSR count). The normalized spacial score (nSPS) is 23.2. The van der Waals surface area contributed by atoms with E-state index in [1.807, 2.05) is 11.8 Å². The lowest BCUT2D eigenvalue weighted by Gasteiger charge is -2.44. The molecular weight excluding hydrogens is 364 g/mol. The lowest BCUT2D eigenvalue weighted by molar-refractivity contribution is 0.0440. The second kappa shape index (κ2) is 9.02. The maximum Gasteiger partial charge on any atom is 0.0662 e. The van der Waals surface area contributed by atoms with E-state index in [0.717, 1.165) is 19.1 Å². The molecule has 2 aromatic rings. The topological polar surface area (TPSA) is 24.3 Å². The van der Waals surface area contributed by atoms with Gasteiger partial charge in [0.25, 0.3) is 0 Å². The van der Waals surface area contributed by atoms with Crippen LogP contribution in [0, 0.1) is 13.8 Å². The molecule has 28 heavy (non-hydrogen) atoms. The number of aromatic nitrogens is 2. The summed E-state index contributed by atoms with van der Waals surface area (Å²) >= 11 is 1.98. The first-order valence-electron chi connectivity index (χ1n) is 10.7. The molecule has 1 aromatic carbocycles. The van der Waals surface area contributed by atoms with Crippen LogP contribution in [0.2, 0.25) is 0 Å². The van der Waals surface area contributed by atoms with Gasteiger partial charge in [-0.1, -0.05) is 30.3 Å². The van der Waals surface area contributed by atoms with Crippen LogP contribution in [0.15, 0.2) is 30.3 Å². The first kappa shape index (κ1) is 20.0. The number of nitrogens with zero attached hydrogens (tertiary/aromatic N) is 4. The minimum atomic E-state index is 0.679. The van der Waals surface area contributed by atoms with Gasteiger partial charge in [-0.05, 0) is 57.2 Å². The van der Waals surface area contributed by atoms with Gasteiger partial charge in [-0.2, -0.15) is 16.9 Å². The Morgan fingerprint density at radius 1 is 1.11 bits per heavy atom. The average molecular weight is 399 g/mol. The largest absolute Gasteiger partial charge is 0.298 e. The number of piperazine rings is 1. The summed E-state index contributed by atoms with van der Waals surface area (Å²) in [5.74, 6) is 1.25. The zero-order valence-corrected chi connectivity index (χ0v) is 18.4. The van der Waals surface area contributed by atoms with Crippen molar-refractivity contribution in [3.8, 4) is 0 Å². The Balaban J connectivity index is 1.51. The van der Waals surface area contributed by atoms with Crippen molar-refractivity contribution in [1.82, 2.24) is 19.6 Å². The average Bonchev–Trinajstić information content (AvgIpc) is 3.26. The molecule has 2 atom stereocenters. The molecule has 2 aliphatic heterocycles. The van der Waals surface area contributed by atoms with E-state index >= 15 is 0 Å². The van der Waals surface area contributed by atoms with Crippen molar-refractivity contribution in [1.29, 1.82) is 0 Å². The standard InChI is InChI=1S/C23H34N4S/c1-18-23(19(2)27(24-18)14-20-8-5-4-6-9-20)17-26-16-21-10-7-12-25(21)15-22(26)11-13-28-3/h4-6,8-9,21-22H,7,10-17H2,1-3H3/t21-,22+/m0/s1. The van der Waals surface area contributed by atoms with E-state index in [4.69, 9.17) is 5.10 Å². The lowest BCUT2D eigenvalue weighted by atomic mass is 10.0. The molecule has 4 nitrogen and oxygen atoms in total. The molecule has 0 aliphatic carbocycles. The zero-order valence-electron chi connectivity index (χ0n) is 17.6.